The van der Waals surface area contributed by atoms with Crippen molar-refractivity contribution in [2.24, 2.45) is 5.73 Å². The Morgan fingerprint density at radius 2 is 2.08 bits per heavy atom. The minimum absolute atomic E-state index is 0.115. The maximum absolute atomic E-state index is 12.8. The number of amides is 1. The van der Waals surface area contributed by atoms with Crippen molar-refractivity contribution < 1.29 is 22.5 Å². The number of carbonyl (C=O) groups is 1. The third-order valence-electron chi connectivity index (χ3n) is 3.84. The fourth-order valence-electron chi connectivity index (χ4n) is 2.46. The molecule has 0 aliphatic rings. The number of carbonyl (C=O) groups excluding carboxylic acids is 1. The Hall–Kier alpha value is -2.42. The van der Waals surface area contributed by atoms with Gasteiger partial charge in [0.25, 0.3) is 0 Å². The number of rotatable bonds is 8. The number of hydrogen-bond donors (Lipinski definition) is 1. The van der Waals surface area contributed by atoms with E-state index in [2.05, 4.69) is 10.1 Å². The molecule has 0 spiro atoms. The molecule has 2 rings (SSSR count). The molecule has 0 saturated heterocycles. The molecule has 2 aromatic rings. The second-order valence-electron chi connectivity index (χ2n) is 6.22. The Morgan fingerprint density at radius 3 is 2.69 bits per heavy atom. The molecule has 2 N–H and O–H groups in total. The molecule has 26 heavy (non-hydrogen) atoms. The van der Waals surface area contributed by atoms with Crippen LogP contribution in [0.4, 0.5) is 13.2 Å². The molecule has 9 heteroatoms. The molecule has 0 atom stereocenters. The molecule has 0 bridgehead atoms. The van der Waals surface area contributed by atoms with Crippen LogP contribution in [-0.2, 0) is 17.4 Å². The highest BCUT2D eigenvalue weighted by Crippen LogP contribution is 2.31. The molecule has 142 valence electrons. The van der Waals surface area contributed by atoms with Crippen molar-refractivity contribution >= 4 is 5.91 Å². The molecule has 0 unspecified atom stereocenters. The number of nitrogens with zero attached hydrogens (tertiary/aromatic N) is 3. The standard InChI is InChI=1S/C17H21F3N4O2/c1-11(2)24(10-14(21)25)8-4-7-15-22-16(23-26-15)12-5-3-6-13(9-12)17(18,19)20/h3,5-6,9,11H,4,7-8,10H2,1-2H3,(H2,21,25). The molecular formula is C17H21F3N4O2. The molecule has 0 saturated carbocycles. The number of aromatic nitrogens is 2. The molecule has 0 fully saturated rings. The Balaban J connectivity index is 1.99. The maximum Gasteiger partial charge on any atom is 0.416 e. The van der Waals surface area contributed by atoms with Crippen LogP contribution in [0.15, 0.2) is 28.8 Å². The summed E-state index contributed by atoms with van der Waals surface area (Å²) in [6.07, 6.45) is -3.33. The third-order valence-corrected chi connectivity index (χ3v) is 3.84. The fourth-order valence-corrected chi connectivity index (χ4v) is 2.46. The smallest absolute Gasteiger partial charge is 0.369 e. The van der Waals surface area contributed by atoms with Crippen LogP contribution in [0.2, 0.25) is 0 Å². The van der Waals surface area contributed by atoms with Crippen molar-refractivity contribution in [3.63, 3.8) is 0 Å². The molecule has 6 nitrogen and oxygen atoms in total. The molecule has 0 aliphatic heterocycles. The average Bonchev–Trinajstić information content (AvgIpc) is 3.01. The van der Waals surface area contributed by atoms with Crippen LogP contribution in [-0.4, -0.2) is 40.1 Å². The van der Waals surface area contributed by atoms with Crippen LogP contribution in [0.5, 0.6) is 0 Å². The lowest BCUT2D eigenvalue weighted by molar-refractivity contribution is -0.137. The van der Waals surface area contributed by atoms with E-state index >= 15 is 0 Å². The van der Waals surface area contributed by atoms with Crippen molar-refractivity contribution in [1.29, 1.82) is 0 Å². The SMILES string of the molecule is CC(C)N(CCCc1nc(-c2cccc(C(F)(F)F)c2)no1)CC(N)=O. The lowest BCUT2D eigenvalue weighted by Crippen LogP contribution is -2.39. The zero-order chi connectivity index (χ0) is 19.3. The van der Waals surface area contributed by atoms with Crippen LogP contribution in [0.1, 0.15) is 31.7 Å². The number of aryl methyl sites for hydroxylation is 1. The van der Waals surface area contributed by atoms with Gasteiger partial charge in [0.15, 0.2) is 0 Å². The van der Waals surface area contributed by atoms with Crippen LogP contribution < -0.4 is 5.73 Å². The van der Waals surface area contributed by atoms with Crippen molar-refractivity contribution in [3.8, 4) is 11.4 Å². The van der Waals surface area contributed by atoms with Gasteiger partial charge in [-0.1, -0.05) is 17.3 Å². The zero-order valence-electron chi connectivity index (χ0n) is 14.6. The highest BCUT2D eigenvalue weighted by Gasteiger charge is 2.30. The van der Waals surface area contributed by atoms with E-state index in [9.17, 15) is 18.0 Å². The lowest BCUT2D eigenvalue weighted by Gasteiger charge is -2.24. The van der Waals surface area contributed by atoms with Crippen molar-refractivity contribution in [2.75, 3.05) is 13.1 Å². The number of nitrogens with two attached hydrogens (primary N) is 1. The van der Waals surface area contributed by atoms with Crippen LogP contribution in [0.3, 0.4) is 0 Å². The summed E-state index contributed by atoms with van der Waals surface area (Å²) >= 11 is 0. The number of primary amides is 1. The molecule has 1 aromatic heterocycles. The summed E-state index contributed by atoms with van der Waals surface area (Å²) in [6, 6.07) is 4.94. The first-order valence-corrected chi connectivity index (χ1v) is 8.19. The number of hydrogen-bond acceptors (Lipinski definition) is 5. The quantitative estimate of drug-likeness (QED) is 0.772. The van der Waals surface area contributed by atoms with Gasteiger partial charge in [-0.05, 0) is 38.9 Å². The average molecular weight is 370 g/mol. The maximum atomic E-state index is 12.8. The summed E-state index contributed by atoms with van der Waals surface area (Å²) in [4.78, 5) is 17.1. The second kappa shape index (κ2) is 8.31. The highest BCUT2D eigenvalue weighted by molar-refractivity contribution is 5.75. The van der Waals surface area contributed by atoms with E-state index in [1.165, 1.54) is 12.1 Å². The number of benzene rings is 1. The van der Waals surface area contributed by atoms with Gasteiger partial charge in [-0.15, -0.1) is 0 Å². The summed E-state index contributed by atoms with van der Waals surface area (Å²) in [6.45, 7) is 4.70. The topological polar surface area (TPSA) is 85.2 Å². The zero-order valence-corrected chi connectivity index (χ0v) is 14.6. The molecule has 0 radical (unpaired) electrons. The van der Waals surface area contributed by atoms with E-state index in [-0.39, 0.29) is 24.0 Å². The Bertz CT molecular complexity index is 744. The van der Waals surface area contributed by atoms with Crippen molar-refractivity contribution in [2.45, 2.75) is 38.9 Å². The molecule has 1 amide bonds. The Kier molecular flexibility index (Phi) is 6.36. The molecule has 0 aliphatic carbocycles. The van der Waals surface area contributed by atoms with Crippen molar-refractivity contribution in [3.05, 3.63) is 35.7 Å². The predicted molar refractivity (Wildman–Crippen MR) is 89.0 cm³/mol. The number of alkyl halides is 3. The Labute approximate surface area is 149 Å². The van der Waals surface area contributed by atoms with Gasteiger partial charge in [0.2, 0.25) is 17.6 Å². The number of halogens is 3. The van der Waals surface area contributed by atoms with Gasteiger partial charge in [0.1, 0.15) is 0 Å². The van der Waals surface area contributed by atoms with Crippen LogP contribution >= 0.6 is 0 Å². The van der Waals surface area contributed by atoms with Gasteiger partial charge >= 0.3 is 6.18 Å². The predicted octanol–water partition coefficient (Wildman–Crippen LogP) is 2.88. The first-order valence-electron chi connectivity index (χ1n) is 8.19. The van der Waals surface area contributed by atoms with Crippen LogP contribution in [0, 0.1) is 0 Å². The summed E-state index contributed by atoms with van der Waals surface area (Å²) in [5, 5.41) is 3.75. The summed E-state index contributed by atoms with van der Waals surface area (Å²) in [5.41, 5.74) is 4.70. The lowest BCUT2D eigenvalue weighted by atomic mass is 10.1. The minimum atomic E-state index is -4.43. The van der Waals surface area contributed by atoms with Crippen LogP contribution in [0.25, 0.3) is 11.4 Å². The van der Waals surface area contributed by atoms with E-state index in [0.717, 1.165) is 12.1 Å². The Morgan fingerprint density at radius 1 is 1.35 bits per heavy atom. The fraction of sp³-hybridized carbons (Fsp3) is 0.471. The molecular weight excluding hydrogens is 349 g/mol. The third kappa shape index (κ3) is 5.55. The van der Waals surface area contributed by atoms with Gasteiger partial charge < -0.3 is 10.3 Å². The summed E-state index contributed by atoms with van der Waals surface area (Å²) in [7, 11) is 0. The van der Waals surface area contributed by atoms with Crippen molar-refractivity contribution in [1.82, 2.24) is 15.0 Å². The van der Waals surface area contributed by atoms with Gasteiger partial charge in [0, 0.05) is 18.0 Å². The first kappa shape index (κ1) is 19.9. The van der Waals surface area contributed by atoms with Gasteiger partial charge in [0.05, 0.1) is 12.1 Å². The summed E-state index contributed by atoms with van der Waals surface area (Å²) < 4.78 is 43.5. The van der Waals surface area contributed by atoms with E-state index in [4.69, 9.17) is 10.3 Å². The second-order valence-corrected chi connectivity index (χ2v) is 6.22. The largest absolute Gasteiger partial charge is 0.416 e. The van der Waals surface area contributed by atoms with E-state index in [1.807, 2.05) is 18.7 Å². The highest BCUT2D eigenvalue weighted by atomic mass is 19.4. The molecule has 1 aromatic carbocycles. The van der Waals surface area contributed by atoms with E-state index < -0.39 is 17.6 Å². The van der Waals surface area contributed by atoms with Gasteiger partial charge in [-0.3, -0.25) is 9.69 Å². The normalized spacial score (nSPS) is 12.1. The molecule has 1 heterocycles. The summed E-state index contributed by atoms with van der Waals surface area (Å²) in [5.74, 6) is 0.0486. The van der Waals surface area contributed by atoms with Gasteiger partial charge in [-0.2, -0.15) is 18.2 Å². The monoisotopic (exact) mass is 370 g/mol. The van der Waals surface area contributed by atoms with E-state index in [0.29, 0.717) is 25.3 Å². The van der Waals surface area contributed by atoms with Gasteiger partial charge in [-0.25, -0.2) is 0 Å². The first-order chi connectivity index (χ1) is 12.2. The minimum Gasteiger partial charge on any atom is -0.369 e. The van der Waals surface area contributed by atoms with E-state index in [1.54, 1.807) is 0 Å².